The molecule has 236 valence electrons. The fourth-order valence-corrected chi connectivity index (χ4v) is 7.48. The number of nitrogens with zero attached hydrogens (tertiary/aromatic N) is 2. The van der Waals surface area contributed by atoms with Gasteiger partial charge in [-0.2, -0.15) is 0 Å². The second kappa shape index (κ2) is 12.0. The molecule has 6 rings (SSSR count). The van der Waals surface area contributed by atoms with Crippen molar-refractivity contribution in [1.82, 2.24) is 10.2 Å². The van der Waals surface area contributed by atoms with Gasteiger partial charge in [-0.15, -0.1) is 0 Å². The number of hydrogen-bond donors (Lipinski definition) is 3. The number of likely N-dealkylation sites (tertiary alicyclic amines) is 1. The summed E-state index contributed by atoms with van der Waals surface area (Å²) in [5.41, 5.74) is -0.288. The number of nitro benzene ring substituents is 1. The van der Waals surface area contributed by atoms with Crippen molar-refractivity contribution in [1.29, 1.82) is 0 Å². The molecule has 3 aromatic rings. The fraction of sp³-hybridized carbons (Fsp3) is 0.375. The molecular weight excluding hydrogens is 626 g/mol. The van der Waals surface area contributed by atoms with Crippen molar-refractivity contribution in [3.63, 3.8) is 0 Å². The Bertz CT molecular complexity index is 1700. The van der Waals surface area contributed by atoms with Crippen molar-refractivity contribution in [2.24, 2.45) is 5.92 Å². The molecular formula is C32H31Cl2FN4O6. The summed E-state index contributed by atoms with van der Waals surface area (Å²) in [7, 11) is 1.18. The molecule has 1 saturated heterocycles. The molecule has 3 N–H and O–H groups in total. The highest BCUT2D eigenvalue weighted by Gasteiger charge is 2.68. The van der Waals surface area contributed by atoms with Gasteiger partial charge in [-0.1, -0.05) is 47.5 Å². The lowest BCUT2D eigenvalue weighted by Gasteiger charge is -2.40. The number of fused-ring (bicyclic) bond motifs is 2. The molecule has 3 aliphatic rings. The van der Waals surface area contributed by atoms with Crippen LogP contribution in [0.5, 0.6) is 0 Å². The first-order chi connectivity index (χ1) is 21.5. The molecule has 1 amide bonds. The summed E-state index contributed by atoms with van der Waals surface area (Å²) in [6, 6.07) is 12.2. The summed E-state index contributed by atoms with van der Waals surface area (Å²) in [6.07, 6.45) is 0.883. The summed E-state index contributed by atoms with van der Waals surface area (Å²) in [6.45, 7) is 1.98. The standard InChI is InChI=1S/C32H31Cl2FN4O6/c1-16(40)29-28(36-14-19-9-8-18(30(41)45-2)12-25(19)39(43)44)26(21-4-3-5-23(34)27(21)35)32(38(29)15-17-6-7-17)22-11-10-20(33)13-24(22)37-31(32)42/h3-5,8-13,16-17,26,28-29,36,40H,6-7,14-15H2,1-2H3,(H,37,42)/t16-,26-,28-,29-,32+/m0/s1. The zero-order valence-corrected chi connectivity index (χ0v) is 25.9. The van der Waals surface area contributed by atoms with E-state index in [1.54, 1.807) is 37.3 Å². The number of aliphatic hydroxyl groups excluding tert-OH is 1. The molecule has 0 unspecified atom stereocenters. The van der Waals surface area contributed by atoms with Crippen LogP contribution in [0.4, 0.5) is 15.8 Å². The van der Waals surface area contributed by atoms with Crippen LogP contribution in [0.1, 0.15) is 52.7 Å². The van der Waals surface area contributed by atoms with Crippen molar-refractivity contribution in [2.45, 2.75) is 56.0 Å². The van der Waals surface area contributed by atoms with Crippen LogP contribution in [-0.4, -0.2) is 58.6 Å². The van der Waals surface area contributed by atoms with Crippen molar-refractivity contribution in [3.8, 4) is 0 Å². The second-order valence-corrected chi connectivity index (χ2v) is 12.7. The van der Waals surface area contributed by atoms with E-state index in [9.17, 15) is 24.8 Å². The fourth-order valence-electron chi connectivity index (χ4n) is 7.13. The first-order valence-electron chi connectivity index (χ1n) is 14.6. The first-order valence-corrected chi connectivity index (χ1v) is 15.3. The largest absolute Gasteiger partial charge is 0.465 e. The van der Waals surface area contributed by atoms with Gasteiger partial charge in [0.1, 0.15) is 11.4 Å². The molecule has 0 radical (unpaired) electrons. The molecule has 0 aromatic heterocycles. The van der Waals surface area contributed by atoms with E-state index in [2.05, 4.69) is 10.6 Å². The van der Waals surface area contributed by atoms with Gasteiger partial charge in [0.15, 0.2) is 0 Å². The van der Waals surface area contributed by atoms with E-state index in [-0.39, 0.29) is 39.9 Å². The highest BCUT2D eigenvalue weighted by Crippen LogP contribution is 2.59. The third-order valence-corrected chi connectivity index (χ3v) is 9.70. The number of anilines is 1. The Morgan fingerprint density at radius 3 is 2.67 bits per heavy atom. The van der Waals surface area contributed by atoms with Crippen molar-refractivity contribution < 1.29 is 28.7 Å². The minimum absolute atomic E-state index is 0.0157. The van der Waals surface area contributed by atoms with Gasteiger partial charge in [0.25, 0.3) is 5.69 Å². The Hall–Kier alpha value is -3.61. The normalized spacial score (nSPS) is 24.8. The topological polar surface area (TPSA) is 134 Å². The molecule has 1 saturated carbocycles. The molecule has 2 aliphatic heterocycles. The van der Waals surface area contributed by atoms with Gasteiger partial charge in [0.05, 0.1) is 34.8 Å². The number of carbonyl (C=O) groups is 2. The number of nitrogens with one attached hydrogen (secondary N) is 2. The Labute approximate surface area is 268 Å². The van der Waals surface area contributed by atoms with Gasteiger partial charge >= 0.3 is 5.97 Å². The predicted octanol–water partition coefficient (Wildman–Crippen LogP) is 5.39. The quantitative estimate of drug-likeness (QED) is 0.159. The number of aliphatic hydroxyl groups is 1. The molecule has 1 aliphatic carbocycles. The van der Waals surface area contributed by atoms with E-state index in [1.807, 2.05) is 4.90 Å². The lowest BCUT2D eigenvalue weighted by atomic mass is 9.73. The second-order valence-electron chi connectivity index (χ2n) is 11.9. The number of esters is 1. The lowest BCUT2D eigenvalue weighted by Crippen LogP contribution is -2.55. The maximum atomic E-state index is 16.1. The highest BCUT2D eigenvalue weighted by atomic mass is 35.5. The van der Waals surface area contributed by atoms with Crippen LogP contribution in [0, 0.1) is 21.8 Å². The summed E-state index contributed by atoms with van der Waals surface area (Å²) < 4.78 is 20.8. The summed E-state index contributed by atoms with van der Waals surface area (Å²) >= 11 is 12.6. The van der Waals surface area contributed by atoms with E-state index in [0.717, 1.165) is 18.9 Å². The van der Waals surface area contributed by atoms with Crippen LogP contribution < -0.4 is 10.6 Å². The van der Waals surface area contributed by atoms with E-state index in [0.29, 0.717) is 22.8 Å². The van der Waals surface area contributed by atoms with E-state index in [4.69, 9.17) is 27.9 Å². The van der Waals surface area contributed by atoms with E-state index >= 15 is 4.39 Å². The minimum atomic E-state index is -1.48. The van der Waals surface area contributed by atoms with Gasteiger partial charge in [-0.25, -0.2) is 9.18 Å². The molecule has 5 atom stereocenters. The third kappa shape index (κ3) is 5.26. The number of halogens is 3. The molecule has 1 spiro atoms. The average molecular weight is 658 g/mol. The van der Waals surface area contributed by atoms with Crippen LogP contribution in [0.15, 0.2) is 54.6 Å². The summed E-state index contributed by atoms with van der Waals surface area (Å²) in [4.78, 5) is 40.0. The van der Waals surface area contributed by atoms with Gasteiger partial charge < -0.3 is 20.5 Å². The minimum Gasteiger partial charge on any atom is -0.465 e. The van der Waals surface area contributed by atoms with Crippen LogP contribution in [0.3, 0.4) is 0 Å². The number of benzene rings is 3. The number of carbonyl (C=O) groups excluding carboxylic acids is 2. The molecule has 3 aromatic carbocycles. The first kappa shape index (κ1) is 31.4. The SMILES string of the molecule is COC(=O)c1ccc(CN[C@@H]2[C@H]([C@H](C)O)N(CC3CC3)[C@@]3(C(=O)Nc4cc(Cl)ccc43)[C@H]2c2cccc(Cl)c2F)c([N+](=O)[O-])c1. The molecule has 2 heterocycles. The third-order valence-electron chi connectivity index (χ3n) is 9.17. The zero-order chi connectivity index (χ0) is 32.2. The van der Waals surface area contributed by atoms with Crippen molar-refractivity contribution >= 4 is 46.5 Å². The number of methoxy groups -OCH3 is 1. The van der Waals surface area contributed by atoms with E-state index in [1.165, 1.54) is 25.3 Å². The summed E-state index contributed by atoms with van der Waals surface area (Å²) in [5.74, 6) is -2.49. The summed E-state index contributed by atoms with van der Waals surface area (Å²) in [5, 5.41) is 30.1. The molecule has 0 bridgehead atoms. The lowest BCUT2D eigenvalue weighted by molar-refractivity contribution is -0.385. The van der Waals surface area contributed by atoms with Gasteiger partial charge in [-0.05, 0) is 55.5 Å². The van der Waals surface area contributed by atoms with Gasteiger partial charge in [-0.3, -0.25) is 19.8 Å². The van der Waals surface area contributed by atoms with Crippen LogP contribution in [-0.2, 0) is 21.6 Å². The van der Waals surface area contributed by atoms with Crippen molar-refractivity contribution in [3.05, 3.63) is 103 Å². The van der Waals surface area contributed by atoms with Crippen molar-refractivity contribution in [2.75, 3.05) is 19.0 Å². The highest BCUT2D eigenvalue weighted by molar-refractivity contribution is 6.31. The molecule has 13 heteroatoms. The Balaban J connectivity index is 1.54. The van der Waals surface area contributed by atoms with Crippen LogP contribution >= 0.6 is 23.2 Å². The van der Waals surface area contributed by atoms with Crippen LogP contribution in [0.25, 0.3) is 0 Å². The van der Waals surface area contributed by atoms with Gasteiger partial charge in [0, 0.05) is 53.0 Å². The van der Waals surface area contributed by atoms with Crippen LogP contribution in [0.2, 0.25) is 10.0 Å². The molecule has 2 fully saturated rings. The number of hydrogen-bond acceptors (Lipinski definition) is 8. The number of amides is 1. The Morgan fingerprint density at radius 1 is 1.24 bits per heavy atom. The Morgan fingerprint density at radius 2 is 2.00 bits per heavy atom. The molecule has 10 nitrogen and oxygen atoms in total. The number of rotatable bonds is 9. The zero-order valence-electron chi connectivity index (χ0n) is 24.4. The average Bonchev–Trinajstić information content (AvgIpc) is 3.72. The maximum absolute atomic E-state index is 16.1. The maximum Gasteiger partial charge on any atom is 0.338 e. The molecule has 45 heavy (non-hydrogen) atoms. The van der Waals surface area contributed by atoms with Gasteiger partial charge in [0.2, 0.25) is 5.91 Å². The predicted molar refractivity (Wildman–Crippen MR) is 166 cm³/mol. The Kier molecular flexibility index (Phi) is 8.34. The smallest absolute Gasteiger partial charge is 0.338 e. The number of nitro groups is 1. The number of ether oxygens (including phenoxy) is 1. The monoisotopic (exact) mass is 656 g/mol. The van der Waals surface area contributed by atoms with E-state index < -0.39 is 52.3 Å².